The van der Waals surface area contributed by atoms with Gasteiger partial charge in [0.2, 0.25) is 0 Å². The molecule has 102 valence electrons. The van der Waals surface area contributed by atoms with Gasteiger partial charge in [-0.15, -0.1) is 6.58 Å². The molecule has 0 aliphatic rings. The van der Waals surface area contributed by atoms with Crippen molar-refractivity contribution in [2.75, 3.05) is 20.6 Å². The fourth-order valence-corrected chi connectivity index (χ4v) is 1.82. The van der Waals surface area contributed by atoms with E-state index >= 15 is 0 Å². The van der Waals surface area contributed by atoms with Gasteiger partial charge in [0.05, 0.1) is 20.6 Å². The van der Waals surface area contributed by atoms with Gasteiger partial charge in [-0.3, -0.25) is 0 Å². The summed E-state index contributed by atoms with van der Waals surface area (Å²) in [6.45, 7) is 8.55. The Morgan fingerprint density at radius 2 is 1.79 bits per heavy atom. The summed E-state index contributed by atoms with van der Waals surface area (Å²) in [4.78, 5) is 0. The van der Waals surface area contributed by atoms with Crippen LogP contribution in [0.25, 0.3) is 0 Å². The average molecular weight is 320 g/mol. The molecule has 19 heavy (non-hydrogen) atoms. The first-order valence-corrected chi connectivity index (χ1v) is 6.21. The third kappa shape index (κ3) is 5.92. The Morgan fingerprint density at radius 1 is 1.16 bits per heavy atom. The summed E-state index contributed by atoms with van der Waals surface area (Å²) in [7, 11) is 4.35. The minimum atomic E-state index is 0. The first kappa shape index (κ1) is 17.7. The maximum atomic E-state index is 3.83. The van der Waals surface area contributed by atoms with Crippen LogP contribution in [-0.4, -0.2) is 31.2 Å². The Labute approximate surface area is 128 Å². The normalized spacial score (nSPS) is 11.5. The highest BCUT2D eigenvalue weighted by Gasteiger charge is 2.23. The van der Waals surface area contributed by atoms with Crippen LogP contribution in [0.3, 0.4) is 0 Å². The maximum absolute atomic E-state index is 3.83. The van der Waals surface area contributed by atoms with Crippen molar-refractivity contribution in [3.63, 3.8) is 0 Å². The zero-order chi connectivity index (χ0) is 13.4. The van der Waals surface area contributed by atoms with Gasteiger partial charge in [-0.2, -0.15) is 0 Å². The molecule has 0 aliphatic heterocycles. The molecule has 0 N–H and O–H groups in total. The van der Waals surface area contributed by atoms with Crippen molar-refractivity contribution in [1.82, 2.24) is 0 Å². The molecule has 1 atom stereocenters. The summed E-state index contributed by atoms with van der Waals surface area (Å²) < 4.78 is 0.815. The Bertz CT molecular complexity index is 451. The first-order valence-electron chi connectivity index (χ1n) is 6.21. The van der Waals surface area contributed by atoms with E-state index in [1.54, 1.807) is 0 Å². The van der Waals surface area contributed by atoms with Gasteiger partial charge in [-0.25, -0.2) is 0 Å². The zero-order valence-electron chi connectivity index (χ0n) is 11.8. The minimum absolute atomic E-state index is 0. The van der Waals surface area contributed by atoms with E-state index in [1.807, 2.05) is 42.5 Å². The average Bonchev–Trinajstić information content (AvgIpc) is 2.35. The predicted molar refractivity (Wildman–Crippen MR) is 79.1 cm³/mol. The van der Waals surface area contributed by atoms with Crippen molar-refractivity contribution < 1.29 is 21.5 Å². The molecule has 2 heteroatoms. The van der Waals surface area contributed by atoms with E-state index < -0.39 is 0 Å². The minimum Gasteiger partial charge on any atom is -1.00 e. The molecule has 0 heterocycles. The van der Waals surface area contributed by atoms with E-state index in [0.717, 1.165) is 23.0 Å². The lowest BCUT2D eigenvalue weighted by Gasteiger charge is -2.33. The van der Waals surface area contributed by atoms with Gasteiger partial charge in [0.25, 0.3) is 0 Å². The molecule has 0 spiro atoms. The van der Waals surface area contributed by atoms with Crippen LogP contribution in [0.1, 0.15) is 12.0 Å². The van der Waals surface area contributed by atoms with Gasteiger partial charge in [-0.05, 0) is 24.1 Å². The van der Waals surface area contributed by atoms with Crippen molar-refractivity contribution in [1.29, 1.82) is 0 Å². The first-order chi connectivity index (χ1) is 8.60. The molecule has 1 aromatic carbocycles. The van der Waals surface area contributed by atoms with Gasteiger partial charge >= 0.3 is 0 Å². The summed E-state index contributed by atoms with van der Waals surface area (Å²) in [6, 6.07) is 10.3. The van der Waals surface area contributed by atoms with Crippen LogP contribution in [0.5, 0.6) is 0 Å². The van der Waals surface area contributed by atoms with Crippen molar-refractivity contribution >= 4 is 0 Å². The van der Waals surface area contributed by atoms with E-state index in [-0.39, 0.29) is 23.0 Å². The van der Waals surface area contributed by atoms with Crippen LogP contribution in [0.2, 0.25) is 0 Å². The Morgan fingerprint density at radius 3 is 2.32 bits per heavy atom. The summed E-state index contributed by atoms with van der Waals surface area (Å²) in [5.41, 5.74) is 1.06. The van der Waals surface area contributed by atoms with Gasteiger partial charge in [-0.1, -0.05) is 36.8 Å². The van der Waals surface area contributed by atoms with Crippen molar-refractivity contribution in [2.45, 2.75) is 12.5 Å². The van der Waals surface area contributed by atoms with Crippen LogP contribution >= 0.6 is 0 Å². The molecule has 1 rings (SSSR count). The molecule has 1 aromatic rings. The zero-order valence-corrected chi connectivity index (χ0v) is 13.4. The highest BCUT2D eigenvalue weighted by atomic mass is 79.9. The summed E-state index contributed by atoms with van der Waals surface area (Å²) in [5.74, 6) is 6.61. The second kappa shape index (κ2) is 8.74. The number of likely N-dealkylation sites (N-methyl/N-ethyl adjacent to an activating group) is 1. The molecule has 0 saturated heterocycles. The van der Waals surface area contributed by atoms with Gasteiger partial charge in [0.1, 0.15) is 0 Å². The molecule has 0 bridgehead atoms. The molecule has 0 aliphatic carbocycles. The monoisotopic (exact) mass is 319 g/mol. The van der Waals surface area contributed by atoms with Crippen LogP contribution in [-0.2, 0) is 0 Å². The smallest absolute Gasteiger partial charge is 0.154 e. The molecular formula is C17H22BrN. The molecule has 0 aromatic heterocycles. The Kier molecular flexibility index (Phi) is 8.14. The van der Waals surface area contributed by atoms with E-state index in [4.69, 9.17) is 0 Å². The van der Waals surface area contributed by atoms with Crippen LogP contribution in [0, 0.1) is 11.8 Å². The van der Waals surface area contributed by atoms with E-state index in [1.165, 1.54) is 0 Å². The van der Waals surface area contributed by atoms with E-state index in [2.05, 4.69) is 39.1 Å². The van der Waals surface area contributed by atoms with Crippen molar-refractivity contribution in [2.24, 2.45) is 0 Å². The van der Waals surface area contributed by atoms with Gasteiger partial charge in [0.15, 0.2) is 6.04 Å². The third-order valence-electron chi connectivity index (χ3n) is 2.99. The van der Waals surface area contributed by atoms with Gasteiger partial charge < -0.3 is 21.5 Å². The van der Waals surface area contributed by atoms with E-state index in [0.29, 0.717) is 0 Å². The molecular weight excluding hydrogens is 298 g/mol. The van der Waals surface area contributed by atoms with Crippen LogP contribution in [0.4, 0.5) is 0 Å². The topological polar surface area (TPSA) is 0 Å². The third-order valence-corrected chi connectivity index (χ3v) is 2.99. The molecule has 0 radical (unpaired) electrons. The lowest BCUT2D eigenvalue weighted by molar-refractivity contribution is -0.900. The lowest BCUT2D eigenvalue weighted by Crippen LogP contribution is -3.00. The number of benzene rings is 1. The lowest BCUT2D eigenvalue weighted by atomic mass is 10.1. The van der Waals surface area contributed by atoms with Crippen LogP contribution < -0.4 is 17.0 Å². The predicted octanol–water partition coefficient (Wildman–Crippen LogP) is 0.249. The molecule has 1 unspecified atom stereocenters. The van der Waals surface area contributed by atoms with Gasteiger partial charge in [0, 0.05) is 12.0 Å². The molecule has 1 nitrogen and oxygen atoms in total. The standard InChI is InChI=1S/C17H22N.BrH/c1-5-10-17(18(3,4)15-6-2)14-13-16-11-8-7-9-12-16;/h5-9,11-12,17H,1-2,10,15H2,3-4H3;1H/q+1;/p-1. The SMILES string of the molecule is C=CCC(C#Cc1ccccc1)[N+](C)(C)CC=C.[Br-]. The van der Waals surface area contributed by atoms with Crippen LogP contribution in [0.15, 0.2) is 55.6 Å². The fourth-order valence-electron chi connectivity index (χ4n) is 1.82. The Balaban J connectivity index is 0.00000324. The fraction of sp³-hybridized carbons (Fsp3) is 0.294. The number of halogens is 1. The maximum Gasteiger partial charge on any atom is 0.154 e. The second-order valence-electron chi connectivity index (χ2n) is 4.93. The molecule has 0 fully saturated rings. The van der Waals surface area contributed by atoms with Crippen molar-refractivity contribution in [3.8, 4) is 11.8 Å². The number of nitrogens with zero attached hydrogens (tertiary/aromatic N) is 1. The quantitative estimate of drug-likeness (QED) is 0.415. The van der Waals surface area contributed by atoms with Crippen molar-refractivity contribution in [3.05, 3.63) is 61.2 Å². The van der Waals surface area contributed by atoms with E-state index in [9.17, 15) is 0 Å². The Hall–Kier alpha value is -1.30. The highest BCUT2D eigenvalue weighted by Crippen LogP contribution is 2.11. The molecule has 0 amide bonds. The molecule has 0 saturated carbocycles. The summed E-state index contributed by atoms with van der Waals surface area (Å²) >= 11 is 0. The summed E-state index contributed by atoms with van der Waals surface area (Å²) in [5, 5.41) is 0. The second-order valence-corrected chi connectivity index (χ2v) is 4.93. The highest BCUT2D eigenvalue weighted by molar-refractivity contribution is 5.34. The summed E-state index contributed by atoms with van der Waals surface area (Å²) in [6.07, 6.45) is 4.77. The number of hydrogen-bond acceptors (Lipinski definition) is 0. The number of quaternary nitrogens is 1. The number of hydrogen-bond donors (Lipinski definition) is 0. The number of rotatable bonds is 5. The largest absolute Gasteiger partial charge is 1.00 e.